The smallest absolute Gasteiger partial charge is 0.0591 e. The van der Waals surface area contributed by atoms with E-state index in [9.17, 15) is 0 Å². The Kier molecular flexibility index (Phi) is 10.8. The Morgan fingerprint density at radius 3 is 2.08 bits per heavy atom. The fourth-order valence-corrected chi connectivity index (χ4v) is 0.910. The van der Waals surface area contributed by atoms with Crippen molar-refractivity contribution >= 4 is 0 Å². The molecular weight excluding hydrogens is 152 g/mol. The first-order chi connectivity index (χ1) is 5.91. The maximum atomic E-state index is 5.21. The van der Waals surface area contributed by atoms with Crippen molar-refractivity contribution in [2.75, 3.05) is 32.8 Å². The maximum absolute atomic E-state index is 5.21. The quantitative estimate of drug-likeness (QED) is 0.620. The van der Waals surface area contributed by atoms with Crippen LogP contribution in [-0.4, -0.2) is 32.8 Å². The number of unbranched alkanes of at least 4 members (excludes halogenated alkanes) is 2. The molecule has 0 amide bonds. The van der Waals surface area contributed by atoms with Crippen LogP contribution in [0.1, 0.15) is 26.2 Å². The van der Waals surface area contributed by atoms with Crippen molar-refractivity contribution in [2.45, 2.75) is 26.2 Å². The van der Waals surface area contributed by atoms with Crippen LogP contribution in [-0.2, 0) is 4.74 Å². The first-order valence-electron chi connectivity index (χ1n) is 4.90. The van der Waals surface area contributed by atoms with Gasteiger partial charge in [0.1, 0.15) is 0 Å². The molecule has 0 unspecified atom stereocenters. The summed E-state index contributed by atoms with van der Waals surface area (Å²) in [7, 11) is 0. The summed E-state index contributed by atoms with van der Waals surface area (Å²) in [5, 5.41) is 3.16. The van der Waals surface area contributed by atoms with Crippen LogP contribution in [0.15, 0.2) is 0 Å². The number of morpholine rings is 1. The minimum Gasteiger partial charge on any atom is -0.379 e. The Labute approximate surface area is 75.7 Å². The van der Waals surface area contributed by atoms with E-state index in [0.29, 0.717) is 0 Å². The molecule has 0 aromatic carbocycles. The Balaban J connectivity index is 0.000000202. The number of rotatable bonds is 3. The van der Waals surface area contributed by atoms with Crippen LogP contribution in [0.4, 0.5) is 0 Å². The van der Waals surface area contributed by atoms with Gasteiger partial charge in [0, 0.05) is 13.1 Å². The molecule has 0 spiro atoms. The normalized spacial score (nSPS) is 16.5. The van der Waals surface area contributed by atoms with Crippen LogP contribution >= 0.6 is 0 Å². The first-order valence-corrected chi connectivity index (χ1v) is 4.90. The molecule has 0 aliphatic carbocycles. The van der Waals surface area contributed by atoms with Gasteiger partial charge in [0.2, 0.25) is 0 Å². The number of hydrogen-bond donors (Lipinski definition) is 2. The second-order valence-electron chi connectivity index (χ2n) is 2.86. The van der Waals surface area contributed by atoms with E-state index in [2.05, 4.69) is 12.2 Å². The van der Waals surface area contributed by atoms with E-state index in [-0.39, 0.29) is 0 Å². The van der Waals surface area contributed by atoms with E-state index < -0.39 is 0 Å². The Morgan fingerprint density at radius 2 is 1.92 bits per heavy atom. The molecule has 0 aromatic heterocycles. The summed E-state index contributed by atoms with van der Waals surface area (Å²) in [6.07, 6.45) is 3.75. The lowest BCUT2D eigenvalue weighted by atomic mass is 10.3. The molecule has 0 saturated carbocycles. The fourth-order valence-electron chi connectivity index (χ4n) is 0.910. The molecule has 1 heterocycles. The summed E-state index contributed by atoms with van der Waals surface area (Å²) in [6, 6.07) is 0. The highest BCUT2D eigenvalue weighted by Gasteiger charge is 1.92. The fraction of sp³-hybridized carbons (Fsp3) is 1.00. The molecule has 3 nitrogen and oxygen atoms in total. The summed E-state index contributed by atoms with van der Waals surface area (Å²) in [5.41, 5.74) is 5.21. The molecule has 0 radical (unpaired) electrons. The van der Waals surface area contributed by atoms with Crippen LogP contribution in [0.5, 0.6) is 0 Å². The van der Waals surface area contributed by atoms with E-state index in [0.717, 1.165) is 32.8 Å². The van der Waals surface area contributed by atoms with Crippen LogP contribution in [0, 0.1) is 0 Å². The van der Waals surface area contributed by atoms with E-state index in [1.165, 1.54) is 19.3 Å². The summed E-state index contributed by atoms with van der Waals surface area (Å²) in [5.74, 6) is 0. The van der Waals surface area contributed by atoms with E-state index in [1.807, 2.05) is 0 Å². The second-order valence-corrected chi connectivity index (χ2v) is 2.86. The average molecular weight is 174 g/mol. The highest BCUT2D eigenvalue weighted by Crippen LogP contribution is 1.88. The van der Waals surface area contributed by atoms with E-state index in [4.69, 9.17) is 10.5 Å². The minimum atomic E-state index is 0.855. The zero-order valence-corrected chi connectivity index (χ0v) is 8.14. The molecule has 0 aromatic rings. The standard InChI is InChI=1S/C5H13N.C4H9NO/c1-2-3-4-5-6;1-3-6-4-2-5-1/h2-6H2,1H3;5H,1-4H2. The van der Waals surface area contributed by atoms with Crippen molar-refractivity contribution < 1.29 is 4.74 Å². The zero-order valence-electron chi connectivity index (χ0n) is 8.14. The molecule has 1 rings (SSSR count). The van der Waals surface area contributed by atoms with Crippen molar-refractivity contribution in [2.24, 2.45) is 5.73 Å². The van der Waals surface area contributed by atoms with Crippen molar-refractivity contribution in [3.63, 3.8) is 0 Å². The Hall–Kier alpha value is -0.120. The minimum absolute atomic E-state index is 0.855. The predicted octanol–water partition coefficient (Wildman–Crippen LogP) is 0.741. The largest absolute Gasteiger partial charge is 0.379 e. The molecule has 3 heteroatoms. The summed E-state index contributed by atoms with van der Waals surface area (Å²) in [4.78, 5) is 0. The Bertz CT molecular complexity index is 59.4. The van der Waals surface area contributed by atoms with Crippen LogP contribution < -0.4 is 11.1 Å². The van der Waals surface area contributed by atoms with Gasteiger partial charge < -0.3 is 15.8 Å². The number of hydrogen-bond acceptors (Lipinski definition) is 3. The lowest BCUT2D eigenvalue weighted by Crippen LogP contribution is -2.30. The van der Waals surface area contributed by atoms with Gasteiger partial charge in [0.25, 0.3) is 0 Å². The van der Waals surface area contributed by atoms with E-state index in [1.54, 1.807) is 0 Å². The number of nitrogens with two attached hydrogens (primary N) is 1. The molecule has 12 heavy (non-hydrogen) atoms. The second kappa shape index (κ2) is 10.9. The van der Waals surface area contributed by atoms with Gasteiger partial charge in [-0.2, -0.15) is 0 Å². The highest BCUT2D eigenvalue weighted by molar-refractivity contribution is 4.49. The van der Waals surface area contributed by atoms with Gasteiger partial charge in [-0.25, -0.2) is 0 Å². The third kappa shape index (κ3) is 9.88. The lowest BCUT2D eigenvalue weighted by molar-refractivity contribution is 0.109. The van der Waals surface area contributed by atoms with Crippen molar-refractivity contribution in [3.8, 4) is 0 Å². The molecule has 0 bridgehead atoms. The van der Waals surface area contributed by atoms with Crippen molar-refractivity contribution in [3.05, 3.63) is 0 Å². The molecule has 0 atom stereocenters. The van der Waals surface area contributed by atoms with Crippen molar-refractivity contribution in [1.82, 2.24) is 5.32 Å². The highest BCUT2D eigenvalue weighted by atomic mass is 16.5. The summed E-state index contributed by atoms with van der Waals surface area (Å²) < 4.78 is 5.01. The van der Waals surface area contributed by atoms with Gasteiger partial charge in [-0.1, -0.05) is 19.8 Å². The molecule has 1 fully saturated rings. The van der Waals surface area contributed by atoms with Crippen LogP contribution in [0.3, 0.4) is 0 Å². The molecule has 1 aliphatic rings. The third-order valence-electron chi connectivity index (χ3n) is 1.65. The number of nitrogens with one attached hydrogen (secondary N) is 1. The molecule has 1 aliphatic heterocycles. The maximum Gasteiger partial charge on any atom is 0.0591 e. The van der Waals surface area contributed by atoms with Gasteiger partial charge >= 0.3 is 0 Å². The predicted molar refractivity (Wildman–Crippen MR) is 52.3 cm³/mol. The number of ether oxygens (including phenoxy) is 1. The average Bonchev–Trinajstić information content (AvgIpc) is 2.18. The van der Waals surface area contributed by atoms with Gasteiger partial charge in [-0.15, -0.1) is 0 Å². The topological polar surface area (TPSA) is 47.3 Å². The monoisotopic (exact) mass is 174 g/mol. The molecular formula is C9H22N2O. The van der Waals surface area contributed by atoms with Crippen molar-refractivity contribution in [1.29, 1.82) is 0 Å². The van der Waals surface area contributed by atoms with Crippen LogP contribution in [0.2, 0.25) is 0 Å². The van der Waals surface area contributed by atoms with Gasteiger partial charge in [-0.05, 0) is 13.0 Å². The van der Waals surface area contributed by atoms with Crippen LogP contribution in [0.25, 0.3) is 0 Å². The first kappa shape index (κ1) is 11.9. The molecule has 74 valence electrons. The Morgan fingerprint density at radius 1 is 1.25 bits per heavy atom. The summed E-state index contributed by atoms with van der Waals surface area (Å²) >= 11 is 0. The van der Waals surface area contributed by atoms with Gasteiger partial charge in [-0.3, -0.25) is 0 Å². The lowest BCUT2D eigenvalue weighted by Gasteiger charge is -2.10. The zero-order chi connectivity index (χ0) is 9.07. The van der Waals surface area contributed by atoms with Gasteiger partial charge in [0.15, 0.2) is 0 Å². The van der Waals surface area contributed by atoms with E-state index >= 15 is 0 Å². The SMILES string of the molecule is C1COCCN1.CCCCCN. The molecule has 1 saturated heterocycles. The summed E-state index contributed by atoms with van der Waals surface area (Å²) in [6.45, 7) is 6.86. The molecule has 3 N–H and O–H groups in total. The third-order valence-corrected chi connectivity index (χ3v) is 1.65. The van der Waals surface area contributed by atoms with Gasteiger partial charge in [0.05, 0.1) is 13.2 Å².